The molecule has 0 saturated heterocycles. The highest BCUT2D eigenvalue weighted by molar-refractivity contribution is 6.15. The van der Waals surface area contributed by atoms with E-state index in [0.29, 0.717) is 5.56 Å². The van der Waals surface area contributed by atoms with Gasteiger partial charge in [-0.25, -0.2) is 0 Å². The monoisotopic (exact) mass is 509 g/mol. The maximum atomic E-state index is 9.17. The average molecular weight is 510 g/mol. The molecule has 0 aliphatic heterocycles. The van der Waals surface area contributed by atoms with Gasteiger partial charge in [-0.2, -0.15) is 5.26 Å². The van der Waals surface area contributed by atoms with Crippen LogP contribution in [0.4, 0.5) is 0 Å². The van der Waals surface area contributed by atoms with E-state index in [-0.39, 0.29) is 0 Å². The molecular formula is C37H23N3. The fraction of sp³-hybridized carbons (Fsp3) is 0. The zero-order valence-corrected chi connectivity index (χ0v) is 21.6. The minimum absolute atomic E-state index is 0.670. The Hall–Kier alpha value is -5.59. The summed E-state index contributed by atoms with van der Waals surface area (Å²) in [5.74, 6) is 0. The number of nitrogens with zero attached hydrogens (tertiary/aromatic N) is 3. The van der Waals surface area contributed by atoms with Crippen LogP contribution in [0.2, 0.25) is 0 Å². The minimum Gasteiger partial charge on any atom is -0.307 e. The molecule has 3 heteroatoms. The Morgan fingerprint density at radius 2 is 0.900 bits per heavy atom. The largest absolute Gasteiger partial charge is 0.307 e. The van der Waals surface area contributed by atoms with Crippen molar-refractivity contribution in [2.24, 2.45) is 0 Å². The third-order valence-electron chi connectivity index (χ3n) is 7.97. The van der Waals surface area contributed by atoms with Gasteiger partial charge in [0.05, 0.1) is 39.4 Å². The van der Waals surface area contributed by atoms with Gasteiger partial charge in [0.1, 0.15) is 0 Å². The lowest BCUT2D eigenvalue weighted by Crippen LogP contribution is -2.00. The third-order valence-corrected chi connectivity index (χ3v) is 7.97. The maximum absolute atomic E-state index is 9.17. The smallest absolute Gasteiger partial charge is 0.0991 e. The van der Waals surface area contributed by atoms with Crippen molar-refractivity contribution in [3.8, 4) is 28.6 Å². The number of benzene rings is 6. The van der Waals surface area contributed by atoms with Gasteiger partial charge in [-0.05, 0) is 59.7 Å². The summed E-state index contributed by atoms with van der Waals surface area (Å²) >= 11 is 0. The van der Waals surface area contributed by atoms with Crippen molar-refractivity contribution in [3.05, 3.63) is 145 Å². The van der Waals surface area contributed by atoms with E-state index >= 15 is 0 Å². The highest BCUT2D eigenvalue weighted by Crippen LogP contribution is 2.39. The summed E-state index contributed by atoms with van der Waals surface area (Å²) in [4.78, 5) is 0. The van der Waals surface area contributed by atoms with Crippen LogP contribution in [0.15, 0.2) is 140 Å². The van der Waals surface area contributed by atoms with Crippen LogP contribution in [-0.4, -0.2) is 9.13 Å². The quantitative estimate of drug-likeness (QED) is 0.233. The number of hydrogen-bond donors (Lipinski definition) is 0. The van der Waals surface area contributed by atoms with Gasteiger partial charge in [0.2, 0.25) is 0 Å². The molecule has 2 aromatic heterocycles. The Bertz CT molecular complexity index is 2200. The van der Waals surface area contributed by atoms with E-state index in [9.17, 15) is 0 Å². The molecule has 0 fully saturated rings. The molecule has 8 rings (SSSR count). The Morgan fingerprint density at radius 3 is 1.48 bits per heavy atom. The lowest BCUT2D eigenvalue weighted by atomic mass is 10.0. The number of nitriles is 1. The Balaban J connectivity index is 1.42. The summed E-state index contributed by atoms with van der Waals surface area (Å²) in [6.45, 7) is 0. The van der Waals surface area contributed by atoms with Crippen LogP contribution in [0.5, 0.6) is 0 Å². The number of para-hydroxylation sites is 4. The van der Waals surface area contributed by atoms with E-state index in [1.807, 2.05) is 24.3 Å². The maximum Gasteiger partial charge on any atom is 0.0991 e. The molecule has 0 bridgehead atoms. The normalized spacial score (nSPS) is 11.5. The van der Waals surface area contributed by atoms with Gasteiger partial charge >= 0.3 is 0 Å². The van der Waals surface area contributed by atoms with Crippen molar-refractivity contribution in [2.45, 2.75) is 0 Å². The predicted octanol–water partition coefficient (Wildman–Crippen LogP) is 9.42. The average Bonchev–Trinajstić information content (AvgIpc) is 3.55. The molecule has 40 heavy (non-hydrogen) atoms. The van der Waals surface area contributed by atoms with Crippen LogP contribution < -0.4 is 0 Å². The first-order valence-electron chi connectivity index (χ1n) is 13.4. The van der Waals surface area contributed by atoms with Gasteiger partial charge in [-0.1, -0.05) is 91.0 Å². The summed E-state index contributed by atoms with van der Waals surface area (Å²) in [6.07, 6.45) is 0. The molecule has 0 radical (unpaired) electrons. The number of hydrogen-bond acceptors (Lipinski definition) is 1. The van der Waals surface area contributed by atoms with Crippen LogP contribution in [0.1, 0.15) is 5.56 Å². The highest BCUT2D eigenvalue weighted by Gasteiger charge is 2.19. The van der Waals surface area contributed by atoms with E-state index < -0.39 is 0 Å². The zero-order valence-electron chi connectivity index (χ0n) is 21.6. The van der Waals surface area contributed by atoms with E-state index in [1.54, 1.807) is 0 Å². The molecule has 0 spiro atoms. The first kappa shape index (κ1) is 22.4. The fourth-order valence-electron chi connectivity index (χ4n) is 6.17. The summed E-state index contributed by atoms with van der Waals surface area (Å²) in [5.41, 5.74) is 9.91. The van der Waals surface area contributed by atoms with Crippen molar-refractivity contribution in [1.82, 2.24) is 9.13 Å². The van der Waals surface area contributed by atoms with E-state index in [4.69, 9.17) is 5.26 Å². The molecule has 8 aromatic rings. The molecule has 0 aliphatic carbocycles. The van der Waals surface area contributed by atoms with Crippen molar-refractivity contribution in [3.63, 3.8) is 0 Å². The van der Waals surface area contributed by atoms with Gasteiger partial charge in [-0.3, -0.25) is 0 Å². The molecule has 2 heterocycles. The number of fused-ring (bicyclic) bond motifs is 6. The highest BCUT2D eigenvalue weighted by atomic mass is 15.1. The van der Waals surface area contributed by atoms with Gasteiger partial charge in [0.25, 0.3) is 0 Å². The molecule has 6 aromatic carbocycles. The van der Waals surface area contributed by atoms with E-state index in [2.05, 4.69) is 130 Å². The first-order valence-corrected chi connectivity index (χ1v) is 13.4. The predicted molar refractivity (Wildman–Crippen MR) is 165 cm³/mol. The van der Waals surface area contributed by atoms with Gasteiger partial charge < -0.3 is 9.13 Å². The molecule has 0 amide bonds. The second-order valence-electron chi connectivity index (χ2n) is 10.1. The van der Waals surface area contributed by atoms with E-state index in [0.717, 1.165) is 22.5 Å². The first-order chi connectivity index (χ1) is 19.8. The topological polar surface area (TPSA) is 33.6 Å². The lowest BCUT2D eigenvalue weighted by Gasteiger charge is -2.14. The van der Waals surface area contributed by atoms with Crippen LogP contribution in [0, 0.1) is 11.3 Å². The van der Waals surface area contributed by atoms with Crippen molar-refractivity contribution in [2.75, 3.05) is 0 Å². The second kappa shape index (κ2) is 8.73. The number of rotatable bonds is 3. The molecule has 186 valence electrons. The fourth-order valence-corrected chi connectivity index (χ4v) is 6.17. The van der Waals surface area contributed by atoms with Gasteiger partial charge in [-0.15, -0.1) is 0 Å². The van der Waals surface area contributed by atoms with E-state index in [1.165, 1.54) is 43.6 Å². The molecule has 0 aliphatic rings. The molecular weight excluding hydrogens is 486 g/mol. The van der Waals surface area contributed by atoms with Crippen LogP contribution in [0.3, 0.4) is 0 Å². The minimum atomic E-state index is 0.670. The Morgan fingerprint density at radius 1 is 0.425 bits per heavy atom. The zero-order chi connectivity index (χ0) is 26.6. The molecule has 0 atom stereocenters. The molecule has 0 saturated carbocycles. The molecule has 0 N–H and O–H groups in total. The standard InChI is InChI=1S/C37H23N3/c38-24-25-16-18-26(19-17-25)27-20-22-28(23-21-27)39-33-12-4-3-10-31(33)32-11-7-15-36(37(32)39)40-34-13-5-1-8-29(34)30-9-2-6-14-35(30)40/h1-23H. The van der Waals surface area contributed by atoms with Crippen LogP contribution in [-0.2, 0) is 0 Å². The van der Waals surface area contributed by atoms with Crippen molar-refractivity contribution in [1.29, 1.82) is 5.26 Å². The van der Waals surface area contributed by atoms with Gasteiger partial charge in [0.15, 0.2) is 0 Å². The van der Waals surface area contributed by atoms with Crippen LogP contribution >= 0.6 is 0 Å². The van der Waals surface area contributed by atoms with Crippen molar-refractivity contribution < 1.29 is 0 Å². The third kappa shape index (κ3) is 3.24. The summed E-state index contributed by atoms with van der Waals surface area (Å²) in [6, 6.07) is 51.3. The second-order valence-corrected chi connectivity index (χ2v) is 10.1. The Labute approximate surface area is 231 Å². The van der Waals surface area contributed by atoms with Crippen LogP contribution in [0.25, 0.3) is 66.1 Å². The molecule has 0 unspecified atom stereocenters. The lowest BCUT2D eigenvalue weighted by molar-refractivity contribution is 1.13. The Kier molecular flexibility index (Phi) is 4.89. The summed E-state index contributed by atoms with van der Waals surface area (Å²) in [5, 5.41) is 14.1. The summed E-state index contributed by atoms with van der Waals surface area (Å²) in [7, 11) is 0. The molecule has 3 nitrogen and oxygen atoms in total. The van der Waals surface area contributed by atoms with Crippen molar-refractivity contribution >= 4 is 43.6 Å². The SMILES string of the molecule is N#Cc1ccc(-c2ccc(-n3c4ccccc4c4cccc(-n5c6ccccc6c6ccccc65)c43)cc2)cc1. The van der Waals surface area contributed by atoms with Gasteiger partial charge in [0, 0.05) is 27.2 Å². The number of aromatic nitrogens is 2. The summed E-state index contributed by atoms with van der Waals surface area (Å²) < 4.78 is 4.81.